The third-order valence-corrected chi connectivity index (χ3v) is 3.77. The second-order valence-electron chi connectivity index (χ2n) is 5.08. The van der Waals surface area contributed by atoms with Crippen LogP contribution in [-0.4, -0.2) is 12.6 Å². The summed E-state index contributed by atoms with van der Waals surface area (Å²) in [5, 5.41) is 4.24. The maximum atomic E-state index is 6.20. The van der Waals surface area contributed by atoms with E-state index in [1.807, 2.05) is 25.1 Å². The zero-order valence-corrected chi connectivity index (χ0v) is 13.3. The summed E-state index contributed by atoms with van der Waals surface area (Å²) < 4.78 is 5.45. The number of benzene rings is 1. The second kappa shape index (κ2) is 8.31. The summed E-state index contributed by atoms with van der Waals surface area (Å²) >= 11 is 6.20. The lowest BCUT2D eigenvalue weighted by molar-refractivity contribution is 0.340. The van der Waals surface area contributed by atoms with Crippen molar-refractivity contribution in [3.63, 3.8) is 0 Å². The number of rotatable bonds is 8. The first-order valence-electron chi connectivity index (χ1n) is 7.29. The van der Waals surface area contributed by atoms with Crippen LogP contribution in [0.15, 0.2) is 18.2 Å². The molecule has 2 nitrogen and oxygen atoms in total. The summed E-state index contributed by atoms with van der Waals surface area (Å²) in [4.78, 5) is 0. The van der Waals surface area contributed by atoms with Crippen LogP contribution >= 0.6 is 11.6 Å². The van der Waals surface area contributed by atoms with Gasteiger partial charge in [-0.2, -0.15) is 0 Å². The fourth-order valence-corrected chi connectivity index (χ4v) is 2.31. The van der Waals surface area contributed by atoms with E-state index in [9.17, 15) is 0 Å². The van der Waals surface area contributed by atoms with Gasteiger partial charge in [-0.1, -0.05) is 38.8 Å². The van der Waals surface area contributed by atoms with E-state index < -0.39 is 0 Å². The van der Waals surface area contributed by atoms with Crippen molar-refractivity contribution in [2.75, 3.05) is 11.9 Å². The smallest absolute Gasteiger partial charge is 0.138 e. The number of ether oxygens (including phenoxy) is 1. The zero-order chi connectivity index (χ0) is 14.3. The molecule has 0 aliphatic carbocycles. The fraction of sp³-hybridized carbons (Fsp3) is 0.625. The second-order valence-corrected chi connectivity index (χ2v) is 5.48. The minimum absolute atomic E-state index is 0.504. The van der Waals surface area contributed by atoms with Gasteiger partial charge in [-0.3, -0.25) is 0 Å². The van der Waals surface area contributed by atoms with Crippen molar-refractivity contribution < 1.29 is 4.74 Å². The molecule has 19 heavy (non-hydrogen) atoms. The van der Waals surface area contributed by atoms with Crippen LogP contribution in [0.4, 0.5) is 5.69 Å². The quantitative estimate of drug-likeness (QED) is 0.693. The molecule has 0 fully saturated rings. The van der Waals surface area contributed by atoms with Gasteiger partial charge in [0.05, 0.1) is 11.6 Å². The Balaban J connectivity index is 2.67. The third kappa shape index (κ3) is 5.32. The Morgan fingerprint density at radius 2 is 1.95 bits per heavy atom. The molecule has 0 aliphatic heterocycles. The van der Waals surface area contributed by atoms with Crippen LogP contribution in [-0.2, 0) is 0 Å². The van der Waals surface area contributed by atoms with E-state index in [0.717, 1.165) is 23.8 Å². The Labute approximate surface area is 122 Å². The van der Waals surface area contributed by atoms with Crippen molar-refractivity contribution in [3.05, 3.63) is 23.2 Å². The predicted octanol–water partition coefficient (Wildman–Crippen LogP) is 5.37. The lowest BCUT2D eigenvalue weighted by atomic mass is 9.97. The summed E-state index contributed by atoms with van der Waals surface area (Å²) in [5.41, 5.74) is 1.07. The first-order chi connectivity index (χ1) is 9.10. The number of halogens is 1. The van der Waals surface area contributed by atoms with E-state index in [1.165, 1.54) is 12.8 Å². The Morgan fingerprint density at radius 3 is 2.47 bits per heavy atom. The molecule has 0 radical (unpaired) electrons. The molecule has 0 aromatic heterocycles. The molecule has 0 spiro atoms. The van der Waals surface area contributed by atoms with Gasteiger partial charge in [0.15, 0.2) is 0 Å². The average Bonchev–Trinajstić information content (AvgIpc) is 2.41. The normalized spacial score (nSPS) is 13.9. The predicted molar refractivity (Wildman–Crippen MR) is 84.4 cm³/mol. The maximum Gasteiger partial charge on any atom is 0.138 e. The average molecular weight is 284 g/mol. The standard InChI is InChI=1S/C16H26ClNO/c1-5-12(4)10-13(6-2)18-14-8-9-16(19-7-3)15(17)11-14/h8-9,11-13,18H,5-7,10H2,1-4H3. The highest BCUT2D eigenvalue weighted by Gasteiger charge is 2.11. The van der Waals surface area contributed by atoms with Gasteiger partial charge in [-0.05, 0) is 43.9 Å². The van der Waals surface area contributed by atoms with Crippen molar-refractivity contribution in [1.82, 2.24) is 0 Å². The molecular formula is C16H26ClNO. The van der Waals surface area contributed by atoms with Gasteiger partial charge < -0.3 is 10.1 Å². The summed E-state index contributed by atoms with van der Waals surface area (Å²) in [6, 6.07) is 6.43. The third-order valence-electron chi connectivity index (χ3n) is 3.48. The lowest BCUT2D eigenvalue weighted by Gasteiger charge is -2.22. The largest absolute Gasteiger partial charge is 0.492 e. The molecule has 2 unspecified atom stereocenters. The minimum atomic E-state index is 0.504. The molecule has 3 heteroatoms. The Hall–Kier alpha value is -0.890. The number of hydrogen-bond acceptors (Lipinski definition) is 2. The van der Waals surface area contributed by atoms with Crippen molar-refractivity contribution in [2.24, 2.45) is 5.92 Å². The van der Waals surface area contributed by atoms with Gasteiger partial charge in [0.25, 0.3) is 0 Å². The van der Waals surface area contributed by atoms with Crippen molar-refractivity contribution in [1.29, 1.82) is 0 Å². The summed E-state index contributed by atoms with van der Waals surface area (Å²) in [5.74, 6) is 1.50. The van der Waals surface area contributed by atoms with Crippen LogP contribution in [0.25, 0.3) is 0 Å². The van der Waals surface area contributed by atoms with Gasteiger partial charge >= 0.3 is 0 Å². The first kappa shape index (κ1) is 16.2. The first-order valence-corrected chi connectivity index (χ1v) is 7.67. The zero-order valence-electron chi connectivity index (χ0n) is 12.5. The summed E-state index contributed by atoms with van der Waals surface area (Å²) in [6.07, 6.45) is 3.54. The van der Waals surface area contributed by atoms with Crippen molar-refractivity contribution in [2.45, 2.75) is 53.0 Å². The molecule has 0 heterocycles. The van der Waals surface area contributed by atoms with Crippen molar-refractivity contribution >= 4 is 17.3 Å². The molecule has 1 aromatic rings. The minimum Gasteiger partial charge on any atom is -0.492 e. The molecule has 1 aromatic carbocycles. The van der Waals surface area contributed by atoms with E-state index in [-0.39, 0.29) is 0 Å². The van der Waals surface area contributed by atoms with E-state index in [2.05, 4.69) is 26.1 Å². The van der Waals surface area contributed by atoms with Gasteiger partial charge in [0, 0.05) is 11.7 Å². The van der Waals surface area contributed by atoms with Crippen LogP contribution in [0.5, 0.6) is 5.75 Å². The number of anilines is 1. The van der Waals surface area contributed by atoms with Crippen LogP contribution in [0.1, 0.15) is 47.0 Å². The number of nitrogens with one attached hydrogen (secondary N) is 1. The molecule has 0 aliphatic rings. The number of hydrogen-bond donors (Lipinski definition) is 1. The van der Waals surface area contributed by atoms with Crippen LogP contribution in [0, 0.1) is 5.92 Å². The highest BCUT2D eigenvalue weighted by molar-refractivity contribution is 6.32. The van der Waals surface area contributed by atoms with Gasteiger partial charge in [-0.15, -0.1) is 0 Å². The van der Waals surface area contributed by atoms with Crippen LogP contribution < -0.4 is 10.1 Å². The Morgan fingerprint density at radius 1 is 1.21 bits per heavy atom. The summed E-state index contributed by atoms with van der Waals surface area (Å²) in [7, 11) is 0. The van der Waals surface area contributed by atoms with Gasteiger partial charge in [0.2, 0.25) is 0 Å². The highest BCUT2D eigenvalue weighted by atomic mass is 35.5. The SMILES string of the molecule is CCOc1ccc(NC(CC)CC(C)CC)cc1Cl. The molecule has 0 amide bonds. The molecule has 2 atom stereocenters. The lowest BCUT2D eigenvalue weighted by Crippen LogP contribution is -2.21. The van der Waals surface area contributed by atoms with Gasteiger partial charge in [0.1, 0.15) is 5.75 Å². The Kier molecular flexibility index (Phi) is 7.07. The van der Waals surface area contributed by atoms with Crippen LogP contribution in [0.2, 0.25) is 5.02 Å². The molecular weight excluding hydrogens is 258 g/mol. The fourth-order valence-electron chi connectivity index (χ4n) is 2.08. The van der Waals surface area contributed by atoms with E-state index >= 15 is 0 Å². The molecule has 0 saturated carbocycles. The van der Waals surface area contributed by atoms with E-state index in [4.69, 9.17) is 16.3 Å². The molecule has 0 saturated heterocycles. The molecule has 108 valence electrons. The van der Waals surface area contributed by atoms with Gasteiger partial charge in [-0.25, -0.2) is 0 Å². The summed E-state index contributed by atoms with van der Waals surface area (Å²) in [6.45, 7) is 9.36. The monoisotopic (exact) mass is 283 g/mol. The Bertz CT molecular complexity index is 381. The van der Waals surface area contributed by atoms with E-state index in [0.29, 0.717) is 17.7 Å². The van der Waals surface area contributed by atoms with Crippen LogP contribution in [0.3, 0.4) is 0 Å². The maximum absolute atomic E-state index is 6.20. The molecule has 0 bridgehead atoms. The van der Waals surface area contributed by atoms with Crippen molar-refractivity contribution in [3.8, 4) is 5.75 Å². The molecule has 1 rings (SSSR count). The highest BCUT2D eigenvalue weighted by Crippen LogP contribution is 2.28. The molecule has 1 N–H and O–H groups in total. The van der Waals surface area contributed by atoms with E-state index in [1.54, 1.807) is 0 Å². The topological polar surface area (TPSA) is 21.3 Å².